The van der Waals surface area contributed by atoms with Gasteiger partial charge >= 0.3 is 0 Å². The van der Waals surface area contributed by atoms with Crippen LogP contribution in [0.25, 0.3) is 0 Å². The summed E-state index contributed by atoms with van der Waals surface area (Å²) in [6.07, 6.45) is 2.17. The fraction of sp³-hybridized carbons (Fsp3) is 0.533. The summed E-state index contributed by atoms with van der Waals surface area (Å²) >= 11 is 0. The Hall–Kier alpha value is -1.35. The van der Waals surface area contributed by atoms with Gasteiger partial charge in [0.05, 0.1) is 0 Å². The second-order valence-corrected chi connectivity index (χ2v) is 5.19. The van der Waals surface area contributed by atoms with Crippen molar-refractivity contribution in [1.29, 1.82) is 0 Å². The summed E-state index contributed by atoms with van der Waals surface area (Å²) in [6, 6.07) is 8.08. The van der Waals surface area contributed by atoms with Crippen LogP contribution in [-0.4, -0.2) is 12.5 Å². The summed E-state index contributed by atoms with van der Waals surface area (Å²) in [7, 11) is 0. The summed E-state index contributed by atoms with van der Waals surface area (Å²) in [5.74, 6) is 0.951. The molecular formula is C15H22N2O. The third kappa shape index (κ3) is 3.57. The van der Waals surface area contributed by atoms with Crippen LogP contribution in [0.1, 0.15) is 32.3 Å². The predicted octanol–water partition coefficient (Wildman–Crippen LogP) is 2.78. The molecular weight excluding hydrogens is 224 g/mol. The van der Waals surface area contributed by atoms with E-state index in [1.54, 1.807) is 0 Å². The number of carbonyl (C=O) groups is 1. The molecule has 98 valence electrons. The first-order valence-electron chi connectivity index (χ1n) is 6.81. The zero-order valence-electron chi connectivity index (χ0n) is 11.2. The molecule has 2 N–H and O–H groups in total. The van der Waals surface area contributed by atoms with Gasteiger partial charge in [0.2, 0.25) is 5.91 Å². The van der Waals surface area contributed by atoms with E-state index in [0.717, 1.165) is 31.6 Å². The summed E-state index contributed by atoms with van der Waals surface area (Å²) in [5.41, 5.74) is 2.12. The molecule has 0 heterocycles. The summed E-state index contributed by atoms with van der Waals surface area (Å²) in [5, 5.41) is 6.36. The van der Waals surface area contributed by atoms with Crippen LogP contribution in [0.5, 0.6) is 0 Å². The minimum atomic E-state index is 0.168. The summed E-state index contributed by atoms with van der Waals surface area (Å²) in [4.78, 5) is 11.8. The number of hydrogen-bond acceptors (Lipinski definition) is 2. The van der Waals surface area contributed by atoms with E-state index in [1.807, 2.05) is 18.2 Å². The molecule has 2 atom stereocenters. The lowest BCUT2D eigenvalue weighted by atomic mass is 10.2. The fourth-order valence-corrected chi connectivity index (χ4v) is 2.09. The van der Waals surface area contributed by atoms with E-state index in [9.17, 15) is 4.79 Å². The highest BCUT2D eigenvalue weighted by atomic mass is 16.2. The average Bonchev–Trinajstić information content (AvgIpc) is 3.07. The van der Waals surface area contributed by atoms with Crippen molar-refractivity contribution in [3.8, 4) is 0 Å². The number of benzene rings is 1. The third-order valence-electron chi connectivity index (χ3n) is 3.40. The maximum atomic E-state index is 11.8. The highest BCUT2D eigenvalue weighted by molar-refractivity contribution is 5.94. The molecule has 1 aliphatic carbocycles. The van der Waals surface area contributed by atoms with Gasteiger partial charge in [-0.2, -0.15) is 0 Å². The van der Waals surface area contributed by atoms with E-state index in [4.69, 9.17) is 0 Å². The Labute approximate surface area is 109 Å². The normalized spacial score (nSPS) is 21.7. The Kier molecular flexibility index (Phi) is 4.37. The van der Waals surface area contributed by atoms with Crippen molar-refractivity contribution >= 4 is 11.6 Å². The minimum absolute atomic E-state index is 0.168. The Morgan fingerprint density at radius 2 is 2.22 bits per heavy atom. The van der Waals surface area contributed by atoms with E-state index in [2.05, 4.69) is 30.5 Å². The van der Waals surface area contributed by atoms with Crippen LogP contribution in [-0.2, 0) is 11.3 Å². The Balaban J connectivity index is 1.88. The zero-order valence-corrected chi connectivity index (χ0v) is 11.2. The van der Waals surface area contributed by atoms with Crippen LogP contribution in [0.4, 0.5) is 5.69 Å². The smallest absolute Gasteiger partial charge is 0.227 e. The molecule has 18 heavy (non-hydrogen) atoms. The van der Waals surface area contributed by atoms with Gasteiger partial charge in [0, 0.05) is 18.2 Å². The number of amides is 1. The molecule has 1 aliphatic rings. The Morgan fingerprint density at radius 1 is 1.44 bits per heavy atom. The summed E-state index contributed by atoms with van der Waals surface area (Å²) in [6.45, 7) is 6.16. The van der Waals surface area contributed by atoms with Gasteiger partial charge in [0.25, 0.3) is 0 Å². The SMILES string of the molecule is CCCNCc1cccc(NC(=O)C2CC2C)c1. The topological polar surface area (TPSA) is 41.1 Å². The number of rotatable bonds is 6. The first-order chi connectivity index (χ1) is 8.70. The first kappa shape index (κ1) is 13.1. The van der Waals surface area contributed by atoms with Gasteiger partial charge in [-0.05, 0) is 43.0 Å². The van der Waals surface area contributed by atoms with Crippen molar-refractivity contribution in [2.75, 3.05) is 11.9 Å². The van der Waals surface area contributed by atoms with Crippen LogP contribution < -0.4 is 10.6 Å². The van der Waals surface area contributed by atoms with E-state index in [-0.39, 0.29) is 11.8 Å². The Morgan fingerprint density at radius 3 is 2.89 bits per heavy atom. The lowest BCUT2D eigenvalue weighted by molar-refractivity contribution is -0.117. The van der Waals surface area contributed by atoms with Gasteiger partial charge in [-0.15, -0.1) is 0 Å². The van der Waals surface area contributed by atoms with Gasteiger partial charge in [0.1, 0.15) is 0 Å². The van der Waals surface area contributed by atoms with Crippen molar-refractivity contribution in [3.05, 3.63) is 29.8 Å². The number of nitrogens with one attached hydrogen (secondary N) is 2. The molecule has 0 saturated heterocycles. The molecule has 3 heteroatoms. The van der Waals surface area contributed by atoms with Crippen molar-refractivity contribution in [2.24, 2.45) is 11.8 Å². The molecule has 0 aliphatic heterocycles. The van der Waals surface area contributed by atoms with Gasteiger partial charge in [-0.3, -0.25) is 4.79 Å². The average molecular weight is 246 g/mol. The van der Waals surface area contributed by atoms with Crippen molar-refractivity contribution in [3.63, 3.8) is 0 Å². The molecule has 1 saturated carbocycles. The molecule has 0 aromatic heterocycles. The van der Waals surface area contributed by atoms with E-state index in [0.29, 0.717) is 5.92 Å². The van der Waals surface area contributed by atoms with Gasteiger partial charge in [-0.25, -0.2) is 0 Å². The second-order valence-electron chi connectivity index (χ2n) is 5.19. The van der Waals surface area contributed by atoms with Crippen LogP contribution in [0.2, 0.25) is 0 Å². The molecule has 1 aromatic rings. The predicted molar refractivity (Wildman–Crippen MR) is 74.3 cm³/mol. The van der Waals surface area contributed by atoms with E-state index < -0.39 is 0 Å². The van der Waals surface area contributed by atoms with Crippen LogP contribution >= 0.6 is 0 Å². The molecule has 0 radical (unpaired) electrons. The lowest BCUT2D eigenvalue weighted by Crippen LogP contribution is -2.16. The summed E-state index contributed by atoms with van der Waals surface area (Å²) < 4.78 is 0. The van der Waals surface area contributed by atoms with Crippen LogP contribution in [0.3, 0.4) is 0 Å². The van der Waals surface area contributed by atoms with Crippen molar-refractivity contribution in [1.82, 2.24) is 5.32 Å². The monoisotopic (exact) mass is 246 g/mol. The molecule has 1 amide bonds. The fourth-order valence-electron chi connectivity index (χ4n) is 2.09. The Bertz CT molecular complexity index is 417. The highest BCUT2D eigenvalue weighted by Gasteiger charge is 2.38. The molecule has 3 nitrogen and oxygen atoms in total. The largest absolute Gasteiger partial charge is 0.326 e. The number of anilines is 1. The minimum Gasteiger partial charge on any atom is -0.326 e. The molecule has 2 rings (SSSR count). The molecule has 0 bridgehead atoms. The molecule has 2 unspecified atom stereocenters. The maximum Gasteiger partial charge on any atom is 0.227 e. The van der Waals surface area contributed by atoms with Crippen molar-refractivity contribution in [2.45, 2.75) is 33.2 Å². The highest BCUT2D eigenvalue weighted by Crippen LogP contribution is 2.38. The third-order valence-corrected chi connectivity index (χ3v) is 3.40. The lowest BCUT2D eigenvalue weighted by Gasteiger charge is -2.08. The molecule has 1 aromatic carbocycles. The van der Waals surface area contributed by atoms with Gasteiger partial charge < -0.3 is 10.6 Å². The number of carbonyl (C=O) groups excluding carboxylic acids is 1. The first-order valence-corrected chi connectivity index (χ1v) is 6.81. The van der Waals surface area contributed by atoms with Crippen LogP contribution in [0, 0.1) is 11.8 Å². The van der Waals surface area contributed by atoms with E-state index >= 15 is 0 Å². The molecule has 0 spiro atoms. The van der Waals surface area contributed by atoms with E-state index in [1.165, 1.54) is 5.56 Å². The van der Waals surface area contributed by atoms with Gasteiger partial charge in [-0.1, -0.05) is 26.0 Å². The molecule has 1 fully saturated rings. The standard InChI is InChI=1S/C15H22N2O/c1-3-7-16-10-12-5-4-6-13(9-12)17-15(18)14-8-11(14)2/h4-6,9,11,14,16H,3,7-8,10H2,1-2H3,(H,17,18). The zero-order chi connectivity index (χ0) is 13.0. The number of hydrogen-bond donors (Lipinski definition) is 2. The van der Waals surface area contributed by atoms with Crippen LogP contribution in [0.15, 0.2) is 24.3 Å². The second kappa shape index (κ2) is 6.01. The maximum absolute atomic E-state index is 11.8. The van der Waals surface area contributed by atoms with Crippen molar-refractivity contribution < 1.29 is 4.79 Å². The quantitative estimate of drug-likeness (QED) is 0.758. The van der Waals surface area contributed by atoms with Gasteiger partial charge in [0.15, 0.2) is 0 Å².